The lowest BCUT2D eigenvalue weighted by molar-refractivity contribution is -0.120. The molecule has 0 aliphatic carbocycles. The summed E-state index contributed by atoms with van der Waals surface area (Å²) in [6.07, 6.45) is 0. The fraction of sp³-hybridized carbons (Fsp3) is 0.278. The highest BCUT2D eigenvalue weighted by atomic mass is 32.2. The summed E-state index contributed by atoms with van der Waals surface area (Å²) in [4.78, 5) is 12.1. The van der Waals surface area contributed by atoms with E-state index in [0.717, 1.165) is 11.1 Å². The van der Waals surface area contributed by atoms with Crippen LogP contribution in [-0.2, 0) is 17.1 Å². The van der Waals surface area contributed by atoms with E-state index in [4.69, 9.17) is 4.74 Å². The number of hydrogen-bond donors (Lipinski definition) is 1. The molecule has 0 fully saturated rings. The van der Waals surface area contributed by atoms with Gasteiger partial charge in [0.25, 0.3) is 0 Å². The van der Waals surface area contributed by atoms with Gasteiger partial charge in [-0.3, -0.25) is 4.79 Å². The van der Waals surface area contributed by atoms with Gasteiger partial charge in [-0.05, 0) is 42.3 Å². The molecule has 0 aromatic heterocycles. The van der Waals surface area contributed by atoms with Crippen molar-refractivity contribution in [2.75, 3.05) is 7.11 Å². The van der Waals surface area contributed by atoms with Crippen molar-refractivity contribution in [3.05, 3.63) is 65.2 Å². The molecule has 0 radical (unpaired) electrons. The van der Waals surface area contributed by atoms with Crippen LogP contribution in [-0.4, -0.2) is 18.3 Å². The molecule has 128 valence electrons. The van der Waals surface area contributed by atoms with Gasteiger partial charge in [-0.2, -0.15) is 0 Å². The number of benzene rings is 2. The largest absolute Gasteiger partial charge is 0.494 e. The van der Waals surface area contributed by atoms with E-state index in [2.05, 4.69) is 5.32 Å². The number of thioether (sulfide) groups is 1. The average molecular weight is 351 g/mol. The Morgan fingerprint density at radius 3 is 2.46 bits per heavy atom. The van der Waals surface area contributed by atoms with Crippen LogP contribution in [0.15, 0.2) is 42.5 Å². The molecule has 0 spiro atoms. The lowest BCUT2D eigenvalue weighted by Gasteiger charge is -2.12. The highest BCUT2D eigenvalue weighted by molar-refractivity contribution is 7.99. The zero-order chi connectivity index (χ0) is 17.5. The van der Waals surface area contributed by atoms with Crippen LogP contribution in [0.4, 0.5) is 8.78 Å². The van der Waals surface area contributed by atoms with E-state index < -0.39 is 5.82 Å². The topological polar surface area (TPSA) is 38.3 Å². The third-order valence-corrected chi connectivity index (χ3v) is 4.68. The van der Waals surface area contributed by atoms with E-state index in [9.17, 15) is 13.6 Å². The molecule has 2 aromatic carbocycles. The zero-order valence-electron chi connectivity index (χ0n) is 13.5. The molecule has 1 N–H and O–H groups in total. The van der Waals surface area contributed by atoms with Gasteiger partial charge in [0.15, 0.2) is 11.6 Å². The van der Waals surface area contributed by atoms with Crippen LogP contribution in [0, 0.1) is 11.6 Å². The molecule has 0 aliphatic heterocycles. The molecule has 2 rings (SSSR count). The van der Waals surface area contributed by atoms with Gasteiger partial charge in [-0.15, -0.1) is 11.8 Å². The van der Waals surface area contributed by atoms with Crippen LogP contribution in [0.25, 0.3) is 0 Å². The van der Waals surface area contributed by atoms with Crippen LogP contribution in [0.5, 0.6) is 5.75 Å². The Morgan fingerprint density at radius 1 is 1.17 bits per heavy atom. The van der Waals surface area contributed by atoms with Gasteiger partial charge in [-0.1, -0.05) is 18.2 Å². The molecule has 24 heavy (non-hydrogen) atoms. The lowest BCUT2D eigenvalue weighted by atomic mass is 10.2. The van der Waals surface area contributed by atoms with Gasteiger partial charge in [0.2, 0.25) is 5.91 Å². The Balaban J connectivity index is 1.81. The Kier molecular flexibility index (Phi) is 6.61. The minimum atomic E-state index is -0.413. The first-order chi connectivity index (χ1) is 11.5. The normalized spacial score (nSPS) is 11.8. The number of rotatable bonds is 7. The van der Waals surface area contributed by atoms with Crippen molar-refractivity contribution >= 4 is 17.7 Å². The number of nitrogens with one attached hydrogen (secondary N) is 1. The number of ether oxygens (including phenoxy) is 1. The van der Waals surface area contributed by atoms with Gasteiger partial charge in [0.05, 0.1) is 12.4 Å². The van der Waals surface area contributed by atoms with E-state index >= 15 is 0 Å². The van der Waals surface area contributed by atoms with E-state index in [1.807, 2.05) is 0 Å². The molecule has 1 atom stereocenters. The van der Waals surface area contributed by atoms with Gasteiger partial charge < -0.3 is 10.1 Å². The van der Waals surface area contributed by atoms with Gasteiger partial charge >= 0.3 is 0 Å². The fourth-order valence-corrected chi connectivity index (χ4v) is 2.89. The Hall–Kier alpha value is -2.08. The number of methoxy groups -OCH3 is 1. The molecule has 0 unspecified atom stereocenters. The molecule has 0 bridgehead atoms. The molecule has 0 saturated heterocycles. The number of hydrogen-bond acceptors (Lipinski definition) is 3. The monoisotopic (exact) mass is 351 g/mol. The summed E-state index contributed by atoms with van der Waals surface area (Å²) in [5, 5.41) is 2.53. The standard InChI is InChI=1S/C18H19F2NO2S/c1-12(18(22)21-10-13-3-6-15(19)7-4-13)24-11-14-5-8-17(23-2)16(20)9-14/h3-9,12H,10-11H2,1-2H3,(H,21,22)/t12-/m1/s1. The number of halogens is 2. The zero-order valence-corrected chi connectivity index (χ0v) is 14.3. The second kappa shape index (κ2) is 8.68. The Morgan fingerprint density at radius 2 is 1.83 bits per heavy atom. The van der Waals surface area contributed by atoms with Crippen molar-refractivity contribution in [2.24, 2.45) is 0 Å². The highest BCUT2D eigenvalue weighted by Gasteiger charge is 2.14. The molecule has 3 nitrogen and oxygen atoms in total. The Bertz CT molecular complexity index is 692. The van der Waals surface area contributed by atoms with Crippen LogP contribution in [0.1, 0.15) is 18.1 Å². The summed E-state index contributed by atoms with van der Waals surface area (Å²) in [6, 6.07) is 10.7. The van der Waals surface area contributed by atoms with Gasteiger partial charge in [0.1, 0.15) is 5.82 Å². The average Bonchev–Trinajstić information content (AvgIpc) is 2.59. The van der Waals surface area contributed by atoms with E-state index in [0.29, 0.717) is 12.3 Å². The molecular formula is C18H19F2NO2S. The minimum Gasteiger partial charge on any atom is -0.494 e. The first-order valence-electron chi connectivity index (χ1n) is 7.45. The van der Waals surface area contributed by atoms with Crippen LogP contribution in [0.2, 0.25) is 0 Å². The quantitative estimate of drug-likeness (QED) is 0.822. The van der Waals surface area contributed by atoms with E-state index in [1.54, 1.807) is 31.2 Å². The highest BCUT2D eigenvalue weighted by Crippen LogP contribution is 2.23. The van der Waals surface area contributed by atoms with Crippen molar-refractivity contribution in [3.63, 3.8) is 0 Å². The maximum atomic E-state index is 13.6. The van der Waals surface area contributed by atoms with E-state index in [-0.39, 0.29) is 22.7 Å². The summed E-state index contributed by atoms with van der Waals surface area (Å²) in [7, 11) is 1.42. The molecular weight excluding hydrogens is 332 g/mol. The van der Waals surface area contributed by atoms with Gasteiger partial charge in [0, 0.05) is 12.3 Å². The third-order valence-electron chi connectivity index (χ3n) is 3.47. The first kappa shape index (κ1) is 18.3. The fourth-order valence-electron chi connectivity index (χ4n) is 2.03. The summed E-state index contributed by atoms with van der Waals surface area (Å²) in [6.45, 7) is 2.14. The second-order valence-corrected chi connectivity index (χ2v) is 6.60. The van der Waals surface area contributed by atoms with Crippen molar-refractivity contribution in [1.29, 1.82) is 0 Å². The van der Waals surface area contributed by atoms with E-state index in [1.165, 1.54) is 37.1 Å². The number of amides is 1. The molecule has 1 amide bonds. The van der Waals surface area contributed by atoms with Crippen molar-refractivity contribution in [3.8, 4) is 5.75 Å². The maximum absolute atomic E-state index is 13.6. The smallest absolute Gasteiger partial charge is 0.233 e. The van der Waals surface area contributed by atoms with Crippen molar-refractivity contribution in [1.82, 2.24) is 5.32 Å². The molecule has 0 heterocycles. The minimum absolute atomic E-state index is 0.113. The lowest BCUT2D eigenvalue weighted by Crippen LogP contribution is -2.30. The molecule has 0 saturated carbocycles. The predicted molar refractivity (Wildman–Crippen MR) is 92.0 cm³/mol. The second-order valence-electron chi connectivity index (χ2n) is 5.27. The van der Waals surface area contributed by atoms with Gasteiger partial charge in [-0.25, -0.2) is 8.78 Å². The third kappa shape index (κ3) is 5.23. The number of carbonyl (C=O) groups excluding carboxylic acids is 1. The summed E-state index contributed by atoms with van der Waals surface area (Å²) in [5.74, 6) is -0.108. The Labute approximate surface area is 144 Å². The van der Waals surface area contributed by atoms with Crippen molar-refractivity contribution < 1.29 is 18.3 Å². The van der Waals surface area contributed by atoms with Crippen LogP contribution >= 0.6 is 11.8 Å². The summed E-state index contributed by atoms with van der Waals surface area (Å²) < 4.78 is 31.3. The maximum Gasteiger partial charge on any atom is 0.233 e. The summed E-state index contributed by atoms with van der Waals surface area (Å²) >= 11 is 1.42. The summed E-state index contributed by atoms with van der Waals surface area (Å²) in [5.41, 5.74) is 1.62. The first-order valence-corrected chi connectivity index (χ1v) is 8.50. The SMILES string of the molecule is COc1ccc(CS[C@H](C)C(=O)NCc2ccc(F)cc2)cc1F. The molecule has 0 aliphatic rings. The van der Waals surface area contributed by atoms with Crippen molar-refractivity contribution in [2.45, 2.75) is 24.5 Å². The van der Waals surface area contributed by atoms with Crippen LogP contribution in [0.3, 0.4) is 0 Å². The predicted octanol–water partition coefficient (Wildman–Crippen LogP) is 3.91. The number of carbonyl (C=O) groups is 1. The molecule has 2 aromatic rings. The molecule has 6 heteroatoms. The van der Waals surface area contributed by atoms with Crippen LogP contribution < -0.4 is 10.1 Å².